The van der Waals surface area contributed by atoms with Gasteiger partial charge in [0.2, 0.25) is 0 Å². The lowest BCUT2D eigenvalue weighted by molar-refractivity contribution is -0.118. The van der Waals surface area contributed by atoms with Crippen LogP contribution >= 0.6 is 0 Å². The van der Waals surface area contributed by atoms with Crippen LogP contribution in [0.1, 0.15) is 13.8 Å². The molecule has 1 amide bonds. The number of ether oxygens (including phenoxy) is 1. The van der Waals surface area contributed by atoms with Crippen molar-refractivity contribution in [3.63, 3.8) is 0 Å². The molecule has 3 rings (SSSR count). The predicted octanol–water partition coefficient (Wildman–Crippen LogP) is 3.71. The predicted molar refractivity (Wildman–Crippen MR) is 95.1 cm³/mol. The van der Waals surface area contributed by atoms with E-state index in [0.717, 1.165) is 17.4 Å². The highest BCUT2D eigenvalue weighted by Gasteiger charge is 2.10. The molecule has 0 aliphatic carbocycles. The highest BCUT2D eigenvalue weighted by molar-refractivity contribution is 5.92. The highest BCUT2D eigenvalue weighted by Crippen LogP contribution is 2.27. The van der Waals surface area contributed by atoms with E-state index in [4.69, 9.17) is 4.74 Å². The lowest BCUT2D eigenvalue weighted by atomic mass is 10.2. The summed E-state index contributed by atoms with van der Waals surface area (Å²) in [5.41, 5.74) is 1.12. The van der Waals surface area contributed by atoms with Crippen molar-refractivity contribution in [2.45, 2.75) is 20.4 Å². The van der Waals surface area contributed by atoms with E-state index >= 15 is 0 Å². The second kappa shape index (κ2) is 7.17. The molecule has 24 heavy (non-hydrogen) atoms. The van der Waals surface area contributed by atoms with Gasteiger partial charge in [0, 0.05) is 24.3 Å². The summed E-state index contributed by atoms with van der Waals surface area (Å²) in [5.74, 6) is 1.57. The second-order valence-electron chi connectivity index (χ2n) is 6.10. The van der Waals surface area contributed by atoms with Crippen molar-refractivity contribution in [2.75, 3.05) is 11.9 Å². The number of aromatic nitrogens is 2. The summed E-state index contributed by atoms with van der Waals surface area (Å²) in [6.07, 6.45) is 3.69. The maximum atomic E-state index is 12.0. The maximum Gasteiger partial charge on any atom is 0.263 e. The summed E-state index contributed by atoms with van der Waals surface area (Å²) in [5, 5.41) is 3.73. The van der Waals surface area contributed by atoms with E-state index in [1.54, 1.807) is 18.3 Å². The van der Waals surface area contributed by atoms with Gasteiger partial charge >= 0.3 is 0 Å². The highest BCUT2D eigenvalue weighted by atomic mass is 16.5. The number of hydrogen-bond acceptors (Lipinski definition) is 3. The molecule has 1 aromatic carbocycles. The Hall–Kier alpha value is -2.82. The number of hydrogen-bond donors (Lipinski definition) is 1. The number of amides is 1. The SMILES string of the molecule is CC(C)Cn1ccc2c(OCC(=O)Nc3ccccn3)cccc21. The van der Waals surface area contributed by atoms with Crippen LogP contribution in [0.4, 0.5) is 5.82 Å². The molecule has 0 aliphatic heterocycles. The van der Waals surface area contributed by atoms with Gasteiger partial charge in [-0.2, -0.15) is 0 Å². The number of carbonyl (C=O) groups excluding carboxylic acids is 1. The number of pyridine rings is 1. The monoisotopic (exact) mass is 323 g/mol. The summed E-state index contributed by atoms with van der Waals surface area (Å²) in [4.78, 5) is 16.1. The Morgan fingerprint density at radius 1 is 1.21 bits per heavy atom. The molecular weight excluding hydrogens is 302 g/mol. The zero-order chi connectivity index (χ0) is 16.9. The summed E-state index contributed by atoms with van der Waals surface area (Å²) in [7, 11) is 0. The molecule has 0 aliphatic rings. The van der Waals surface area contributed by atoms with Crippen LogP contribution < -0.4 is 10.1 Å². The van der Waals surface area contributed by atoms with Crippen molar-refractivity contribution in [3.8, 4) is 5.75 Å². The number of fused-ring (bicyclic) bond motifs is 1. The van der Waals surface area contributed by atoms with Crippen LogP contribution in [-0.4, -0.2) is 22.1 Å². The van der Waals surface area contributed by atoms with Crippen molar-refractivity contribution in [1.29, 1.82) is 0 Å². The number of carbonyl (C=O) groups is 1. The van der Waals surface area contributed by atoms with Gasteiger partial charge in [0.05, 0.1) is 5.52 Å². The van der Waals surface area contributed by atoms with Gasteiger partial charge in [-0.3, -0.25) is 4.79 Å². The maximum absolute atomic E-state index is 12.0. The van der Waals surface area contributed by atoms with Gasteiger partial charge in [0.25, 0.3) is 5.91 Å². The van der Waals surface area contributed by atoms with E-state index in [1.807, 2.05) is 24.3 Å². The third kappa shape index (κ3) is 3.74. The Balaban J connectivity index is 1.69. The second-order valence-corrected chi connectivity index (χ2v) is 6.10. The van der Waals surface area contributed by atoms with Gasteiger partial charge in [-0.15, -0.1) is 0 Å². The summed E-state index contributed by atoms with van der Waals surface area (Å²) < 4.78 is 7.93. The molecule has 3 aromatic rings. The molecular formula is C19H21N3O2. The van der Waals surface area contributed by atoms with E-state index in [1.165, 1.54) is 0 Å². The molecule has 0 unspecified atom stereocenters. The van der Waals surface area contributed by atoms with Crippen LogP contribution in [-0.2, 0) is 11.3 Å². The lowest BCUT2D eigenvalue weighted by Gasteiger charge is -2.10. The Kier molecular flexibility index (Phi) is 4.79. The molecule has 2 aromatic heterocycles. The minimum Gasteiger partial charge on any atom is -0.483 e. The number of rotatable bonds is 6. The smallest absolute Gasteiger partial charge is 0.263 e. The van der Waals surface area contributed by atoms with Crippen molar-refractivity contribution < 1.29 is 9.53 Å². The Labute approximate surface area is 141 Å². The average molecular weight is 323 g/mol. The van der Waals surface area contributed by atoms with Crippen LogP contribution in [0.25, 0.3) is 10.9 Å². The van der Waals surface area contributed by atoms with Gasteiger partial charge in [-0.1, -0.05) is 26.0 Å². The first-order valence-corrected chi connectivity index (χ1v) is 8.05. The van der Waals surface area contributed by atoms with Crippen molar-refractivity contribution in [3.05, 3.63) is 54.9 Å². The minimum atomic E-state index is -0.229. The van der Waals surface area contributed by atoms with E-state index in [0.29, 0.717) is 17.5 Å². The fourth-order valence-corrected chi connectivity index (χ4v) is 2.63. The summed E-state index contributed by atoms with van der Waals surface area (Å²) in [6.45, 7) is 5.28. The number of nitrogens with zero attached hydrogens (tertiary/aromatic N) is 2. The average Bonchev–Trinajstić information content (AvgIpc) is 2.97. The van der Waals surface area contributed by atoms with Crippen molar-refractivity contribution in [2.24, 2.45) is 5.92 Å². The normalized spacial score (nSPS) is 11.0. The van der Waals surface area contributed by atoms with E-state index < -0.39 is 0 Å². The first-order chi connectivity index (χ1) is 11.6. The van der Waals surface area contributed by atoms with Crippen molar-refractivity contribution in [1.82, 2.24) is 9.55 Å². The van der Waals surface area contributed by atoms with Gasteiger partial charge in [-0.05, 0) is 36.2 Å². The third-order valence-corrected chi connectivity index (χ3v) is 3.63. The molecule has 5 nitrogen and oxygen atoms in total. The fourth-order valence-electron chi connectivity index (χ4n) is 2.63. The Bertz CT molecular complexity index is 825. The van der Waals surface area contributed by atoms with Gasteiger partial charge in [0.15, 0.2) is 6.61 Å². The molecule has 0 saturated carbocycles. The van der Waals surface area contributed by atoms with E-state index in [-0.39, 0.29) is 12.5 Å². The van der Waals surface area contributed by atoms with E-state index in [2.05, 4.69) is 41.0 Å². The Morgan fingerprint density at radius 3 is 2.83 bits per heavy atom. The standard InChI is InChI=1S/C19H21N3O2/c1-14(2)12-22-11-9-15-16(22)6-5-7-17(15)24-13-19(23)21-18-8-3-4-10-20-18/h3-11,14H,12-13H2,1-2H3,(H,20,21,23). The number of anilines is 1. The first-order valence-electron chi connectivity index (χ1n) is 8.05. The van der Waals surface area contributed by atoms with E-state index in [9.17, 15) is 4.79 Å². The third-order valence-electron chi connectivity index (χ3n) is 3.63. The lowest BCUT2D eigenvalue weighted by Crippen LogP contribution is -2.20. The van der Waals surface area contributed by atoms with Crippen LogP contribution in [0.15, 0.2) is 54.9 Å². The zero-order valence-electron chi connectivity index (χ0n) is 13.9. The van der Waals surface area contributed by atoms with Crippen molar-refractivity contribution >= 4 is 22.6 Å². The number of benzene rings is 1. The quantitative estimate of drug-likeness (QED) is 0.752. The molecule has 1 N–H and O–H groups in total. The zero-order valence-corrected chi connectivity index (χ0v) is 13.9. The fraction of sp³-hybridized carbons (Fsp3) is 0.263. The molecule has 0 bridgehead atoms. The van der Waals surface area contributed by atoms with Crippen LogP contribution in [0, 0.1) is 5.92 Å². The minimum absolute atomic E-state index is 0.0505. The van der Waals surface area contributed by atoms with Gasteiger partial charge < -0.3 is 14.6 Å². The molecule has 0 spiro atoms. The molecule has 0 atom stereocenters. The summed E-state index contributed by atoms with van der Waals surface area (Å²) in [6, 6.07) is 13.3. The molecule has 0 radical (unpaired) electrons. The first kappa shape index (κ1) is 16.1. The topological polar surface area (TPSA) is 56.1 Å². The molecule has 2 heterocycles. The molecule has 0 saturated heterocycles. The molecule has 5 heteroatoms. The number of nitrogens with one attached hydrogen (secondary N) is 1. The van der Waals surface area contributed by atoms with Crippen LogP contribution in [0.5, 0.6) is 5.75 Å². The largest absolute Gasteiger partial charge is 0.483 e. The molecule has 124 valence electrons. The van der Waals surface area contributed by atoms with Gasteiger partial charge in [0.1, 0.15) is 11.6 Å². The summed E-state index contributed by atoms with van der Waals surface area (Å²) >= 11 is 0. The molecule has 0 fully saturated rings. The Morgan fingerprint density at radius 2 is 2.08 bits per heavy atom. The van der Waals surface area contributed by atoms with Crippen LogP contribution in [0.2, 0.25) is 0 Å². The van der Waals surface area contributed by atoms with Gasteiger partial charge in [-0.25, -0.2) is 4.98 Å². The van der Waals surface area contributed by atoms with Crippen LogP contribution in [0.3, 0.4) is 0 Å².